The molecule has 2 nitrogen and oxygen atoms in total. The van der Waals surface area contributed by atoms with Gasteiger partial charge in [0, 0.05) is 12.3 Å². The molecular weight excluding hydrogens is 517 g/mol. The molecule has 7 aliphatic rings. The number of fused-ring (bicyclic) bond motifs is 6. The molecule has 0 saturated heterocycles. The Hall–Kier alpha value is -0.963. The quantitative estimate of drug-likeness (QED) is 0.334. The van der Waals surface area contributed by atoms with Crippen molar-refractivity contribution in [2.45, 2.75) is 146 Å². The molecule has 3 heteroatoms. The minimum atomic E-state index is -1.72. The van der Waals surface area contributed by atoms with E-state index in [9.17, 15) is 0 Å². The maximum absolute atomic E-state index is 6.73. The van der Waals surface area contributed by atoms with E-state index in [1.54, 1.807) is 0 Å². The molecule has 6 saturated carbocycles. The number of rotatable bonds is 4. The van der Waals surface area contributed by atoms with Crippen molar-refractivity contribution in [3.63, 3.8) is 0 Å². The summed E-state index contributed by atoms with van der Waals surface area (Å²) >= 11 is 0. The molecule has 13 atom stereocenters. The van der Waals surface area contributed by atoms with Gasteiger partial charge in [-0.3, -0.25) is 0 Å². The maximum atomic E-state index is 6.73. The Bertz CT molecular complexity index is 1130. The molecule has 12 unspecified atom stereocenters. The van der Waals surface area contributed by atoms with Crippen LogP contribution in [0, 0.1) is 60.2 Å². The molecule has 0 spiro atoms. The van der Waals surface area contributed by atoms with Gasteiger partial charge in [-0.1, -0.05) is 51.6 Å². The van der Waals surface area contributed by atoms with Gasteiger partial charge in [0.1, 0.15) is 17.6 Å². The molecule has 0 bridgehead atoms. The summed E-state index contributed by atoms with van der Waals surface area (Å²) in [5, 5.41) is 0. The highest BCUT2D eigenvalue weighted by Crippen LogP contribution is 2.70. The second kappa shape index (κ2) is 10.6. The monoisotopic (exact) mass is 574 g/mol. The number of hydrogen-bond donors (Lipinski definition) is 0. The van der Waals surface area contributed by atoms with Crippen molar-refractivity contribution in [1.82, 2.24) is 0 Å². The van der Waals surface area contributed by atoms with E-state index in [0.717, 1.165) is 70.1 Å². The lowest BCUT2D eigenvalue weighted by Gasteiger charge is -2.52. The normalized spacial score (nSPS) is 47.6. The van der Waals surface area contributed by atoms with Crippen LogP contribution in [0.2, 0.25) is 24.2 Å². The summed E-state index contributed by atoms with van der Waals surface area (Å²) in [6.07, 6.45) is 25.1. The Kier molecular flexibility index (Phi) is 7.12. The van der Waals surface area contributed by atoms with Gasteiger partial charge >= 0.3 is 0 Å². The van der Waals surface area contributed by atoms with Crippen LogP contribution >= 0.6 is 0 Å². The first-order valence-corrected chi connectivity index (χ1v) is 21.5. The zero-order chi connectivity index (χ0) is 27.9. The van der Waals surface area contributed by atoms with Crippen molar-refractivity contribution in [3.8, 4) is 0 Å². The van der Waals surface area contributed by atoms with Gasteiger partial charge in [0.25, 0.3) is 0 Å². The summed E-state index contributed by atoms with van der Waals surface area (Å²) in [7, 11) is -1.72. The van der Waals surface area contributed by atoms with Gasteiger partial charge in [-0.15, -0.1) is 0 Å². The summed E-state index contributed by atoms with van der Waals surface area (Å²) in [6, 6.07) is 4.68. The third-order valence-electron chi connectivity index (χ3n) is 15.1. The van der Waals surface area contributed by atoms with Gasteiger partial charge in [-0.25, -0.2) is 0 Å². The highest BCUT2D eigenvalue weighted by molar-refractivity contribution is 6.80. The fraction of sp³-hybridized carbons (Fsp3) is 0.842. The molecule has 1 aromatic heterocycles. The van der Waals surface area contributed by atoms with Gasteiger partial charge in [0.2, 0.25) is 0 Å². The van der Waals surface area contributed by atoms with Crippen molar-refractivity contribution < 1.29 is 9.15 Å². The van der Waals surface area contributed by atoms with E-state index < -0.39 is 8.07 Å². The Morgan fingerprint density at radius 2 is 1.27 bits per heavy atom. The number of ether oxygens (including phenoxy) is 1. The zero-order valence-electron chi connectivity index (χ0n) is 26.7. The largest absolute Gasteiger partial charge is 0.495 e. The molecule has 0 N–H and O–H groups in total. The van der Waals surface area contributed by atoms with Crippen LogP contribution in [0.5, 0.6) is 0 Å². The van der Waals surface area contributed by atoms with Crippen LogP contribution in [-0.2, 0) is 4.74 Å². The predicted molar refractivity (Wildman–Crippen MR) is 170 cm³/mol. The number of furan rings is 1. The van der Waals surface area contributed by atoms with Crippen molar-refractivity contribution in [2.75, 3.05) is 0 Å². The molecule has 1 aromatic rings. The van der Waals surface area contributed by atoms with Crippen LogP contribution in [0.15, 0.2) is 28.4 Å². The van der Waals surface area contributed by atoms with Gasteiger partial charge in [0.15, 0.2) is 0 Å². The van der Waals surface area contributed by atoms with Crippen LogP contribution in [0.1, 0.15) is 121 Å². The summed E-state index contributed by atoms with van der Waals surface area (Å²) in [5.74, 6) is 13.1. The standard InChI is InChI=1S/C38H58O2Si/c1-23-13-19-35(39-23)33-21-31-27-11-7-5-9-25(27)15-17-29(31)37(33)41(3,4)38-30-18-16-26-10-6-8-12-28(26)32(30)22-34(38)36-20-14-24(2)40-36/h13-14,19,25-34,36-38H,5-12,15-18,20-22H2,1-4H3/t25?,26?,27?,28?,29?,30?,31?,32?,33?,34?,36-,37?,38?/m1/s1. The molecule has 2 heterocycles. The van der Waals surface area contributed by atoms with Gasteiger partial charge in [-0.2, -0.15) is 0 Å². The van der Waals surface area contributed by atoms with E-state index in [0.29, 0.717) is 12.0 Å². The van der Waals surface area contributed by atoms with Gasteiger partial charge < -0.3 is 9.15 Å². The molecule has 0 amide bonds. The lowest BCUT2D eigenvalue weighted by Crippen LogP contribution is -2.49. The van der Waals surface area contributed by atoms with Crippen LogP contribution in [0.4, 0.5) is 0 Å². The van der Waals surface area contributed by atoms with Gasteiger partial charge in [-0.05, 0) is 148 Å². The first kappa shape index (κ1) is 27.6. The average Bonchev–Trinajstić information content (AvgIpc) is 3.77. The molecule has 41 heavy (non-hydrogen) atoms. The fourth-order valence-corrected chi connectivity index (χ4v) is 20.2. The van der Waals surface area contributed by atoms with E-state index in [-0.39, 0.29) is 0 Å². The summed E-state index contributed by atoms with van der Waals surface area (Å²) in [4.78, 5) is 0. The highest BCUT2D eigenvalue weighted by Gasteiger charge is 2.64. The van der Waals surface area contributed by atoms with Crippen LogP contribution < -0.4 is 0 Å². The van der Waals surface area contributed by atoms with Crippen molar-refractivity contribution in [3.05, 3.63) is 35.5 Å². The SMILES string of the molecule is CC1=CC[C@H](C2CC3C4CCCCC4CCC3C2[Si](C)(C)C2C(c3ccc(C)o3)CC3C4CCCCC4CCC32)O1. The second-order valence-electron chi connectivity index (χ2n) is 17.0. The van der Waals surface area contributed by atoms with Crippen molar-refractivity contribution in [2.24, 2.45) is 53.3 Å². The number of hydrogen-bond acceptors (Lipinski definition) is 2. The lowest BCUT2D eigenvalue weighted by molar-refractivity contribution is 0.0677. The predicted octanol–water partition coefficient (Wildman–Crippen LogP) is 10.9. The number of aryl methyl sites for hydroxylation is 1. The summed E-state index contributed by atoms with van der Waals surface area (Å²) < 4.78 is 13.3. The molecule has 0 radical (unpaired) electrons. The lowest BCUT2D eigenvalue weighted by atomic mass is 9.62. The van der Waals surface area contributed by atoms with Crippen molar-refractivity contribution >= 4 is 8.07 Å². The first-order valence-electron chi connectivity index (χ1n) is 18.3. The third kappa shape index (κ3) is 4.50. The van der Waals surface area contributed by atoms with E-state index in [2.05, 4.69) is 45.2 Å². The van der Waals surface area contributed by atoms with Gasteiger partial charge in [0.05, 0.1) is 13.8 Å². The summed E-state index contributed by atoms with van der Waals surface area (Å²) in [5.41, 5.74) is 1.80. The van der Waals surface area contributed by atoms with Crippen molar-refractivity contribution in [1.29, 1.82) is 0 Å². The molecule has 0 aromatic carbocycles. The Morgan fingerprint density at radius 1 is 0.634 bits per heavy atom. The second-order valence-corrected chi connectivity index (χ2v) is 22.0. The molecule has 6 aliphatic carbocycles. The van der Waals surface area contributed by atoms with E-state index >= 15 is 0 Å². The minimum Gasteiger partial charge on any atom is -0.495 e. The Balaban J connectivity index is 1.18. The molecule has 226 valence electrons. The van der Waals surface area contributed by atoms with E-state index in [4.69, 9.17) is 9.15 Å². The van der Waals surface area contributed by atoms with Crippen LogP contribution in [0.3, 0.4) is 0 Å². The smallest absolute Gasteiger partial charge is 0.107 e. The van der Waals surface area contributed by atoms with Crippen LogP contribution in [-0.4, -0.2) is 14.2 Å². The maximum Gasteiger partial charge on any atom is 0.107 e. The third-order valence-corrected chi connectivity index (χ3v) is 20.2. The topological polar surface area (TPSA) is 22.4 Å². The molecule has 8 rings (SSSR count). The minimum absolute atomic E-state index is 0.454. The number of allylic oxidation sites excluding steroid dienone is 1. The Labute approximate surface area is 251 Å². The molecule has 6 fully saturated rings. The average molecular weight is 575 g/mol. The zero-order valence-corrected chi connectivity index (χ0v) is 27.7. The van der Waals surface area contributed by atoms with E-state index in [1.165, 1.54) is 108 Å². The molecule has 1 aliphatic heterocycles. The fourth-order valence-electron chi connectivity index (χ4n) is 13.9. The summed E-state index contributed by atoms with van der Waals surface area (Å²) in [6.45, 7) is 10.2. The van der Waals surface area contributed by atoms with E-state index in [1.807, 2.05) is 0 Å². The molecular formula is C38H58O2Si. The highest BCUT2D eigenvalue weighted by atomic mass is 28.3. The Morgan fingerprint density at radius 3 is 1.88 bits per heavy atom. The first-order chi connectivity index (χ1) is 19.9. The van der Waals surface area contributed by atoms with Crippen LogP contribution in [0.25, 0.3) is 0 Å².